The van der Waals surface area contributed by atoms with Gasteiger partial charge in [0.05, 0.1) is 30.9 Å². The molecule has 2 aromatic rings. The van der Waals surface area contributed by atoms with Crippen LogP contribution in [0.2, 0.25) is 0 Å². The molecular formula is C28H35NO4. The average Bonchev–Trinajstić information content (AvgIpc) is 3.09. The smallest absolute Gasteiger partial charge is 0.410 e. The van der Waals surface area contributed by atoms with E-state index in [4.69, 9.17) is 9.47 Å². The number of fused-ring (bicyclic) bond motifs is 5. The number of carbonyl (C=O) groups excluding carboxylic acids is 1. The SMILES string of the molecule is CC(C)(C)CCC1(O)CC2COCC(C1)N2C(=O)OCC1c2ccccc2-c2ccccc21. The summed E-state index contributed by atoms with van der Waals surface area (Å²) in [5.41, 5.74) is 4.30. The van der Waals surface area contributed by atoms with Crippen molar-refractivity contribution in [1.29, 1.82) is 0 Å². The topological polar surface area (TPSA) is 59.0 Å². The number of ether oxygens (including phenoxy) is 2. The molecular weight excluding hydrogens is 414 g/mol. The van der Waals surface area contributed by atoms with Crippen LogP contribution >= 0.6 is 0 Å². The number of aliphatic hydroxyl groups is 1. The molecule has 2 aliphatic heterocycles. The van der Waals surface area contributed by atoms with E-state index in [0.717, 1.165) is 12.8 Å². The number of hydrogen-bond acceptors (Lipinski definition) is 4. The van der Waals surface area contributed by atoms with Crippen molar-refractivity contribution >= 4 is 6.09 Å². The Balaban J connectivity index is 1.28. The molecule has 2 heterocycles. The van der Waals surface area contributed by atoms with E-state index in [2.05, 4.69) is 57.2 Å². The van der Waals surface area contributed by atoms with Crippen LogP contribution in [-0.4, -0.2) is 53.6 Å². The lowest BCUT2D eigenvalue weighted by molar-refractivity contribution is -0.137. The average molecular weight is 450 g/mol. The lowest BCUT2D eigenvalue weighted by Gasteiger charge is -2.51. The molecule has 2 bridgehead atoms. The molecule has 2 atom stereocenters. The fraction of sp³-hybridized carbons (Fsp3) is 0.536. The summed E-state index contributed by atoms with van der Waals surface area (Å²) in [5.74, 6) is 0.0472. The highest BCUT2D eigenvalue weighted by Crippen LogP contribution is 2.45. The van der Waals surface area contributed by atoms with E-state index in [1.54, 1.807) is 0 Å². The molecule has 2 saturated heterocycles. The molecule has 0 radical (unpaired) electrons. The number of morpholine rings is 1. The standard InChI is InChI=1S/C28H35NO4/c1-27(2,3)12-13-28(31)14-19-16-32-17-20(15-28)29(19)26(30)33-18-25-23-10-6-4-8-21(23)22-9-5-7-11-24(22)25/h4-11,19-20,25,31H,12-18H2,1-3H3. The number of hydrogen-bond donors (Lipinski definition) is 1. The molecule has 5 rings (SSSR count). The first-order valence-corrected chi connectivity index (χ1v) is 12.2. The van der Waals surface area contributed by atoms with E-state index >= 15 is 0 Å². The Morgan fingerprint density at radius 3 is 2.12 bits per heavy atom. The van der Waals surface area contributed by atoms with Gasteiger partial charge in [-0.15, -0.1) is 0 Å². The van der Waals surface area contributed by atoms with Crippen molar-refractivity contribution in [2.24, 2.45) is 5.41 Å². The summed E-state index contributed by atoms with van der Waals surface area (Å²) in [6.07, 6.45) is 2.51. The van der Waals surface area contributed by atoms with Crippen molar-refractivity contribution < 1.29 is 19.4 Å². The van der Waals surface area contributed by atoms with Gasteiger partial charge in [0, 0.05) is 5.92 Å². The minimum Gasteiger partial charge on any atom is -0.448 e. The van der Waals surface area contributed by atoms with Gasteiger partial charge in [-0.3, -0.25) is 4.90 Å². The Kier molecular flexibility index (Phi) is 5.74. The second kappa shape index (κ2) is 8.44. The van der Waals surface area contributed by atoms with E-state index in [0.29, 0.717) is 32.7 Å². The maximum atomic E-state index is 13.3. The summed E-state index contributed by atoms with van der Waals surface area (Å²) < 4.78 is 11.7. The predicted octanol–water partition coefficient (Wildman–Crippen LogP) is 5.36. The zero-order valence-electron chi connectivity index (χ0n) is 19.9. The van der Waals surface area contributed by atoms with Crippen LogP contribution in [0.5, 0.6) is 0 Å². The van der Waals surface area contributed by atoms with E-state index < -0.39 is 5.60 Å². The van der Waals surface area contributed by atoms with Gasteiger partial charge in [-0.2, -0.15) is 0 Å². The summed E-state index contributed by atoms with van der Waals surface area (Å²) in [4.78, 5) is 15.1. The van der Waals surface area contributed by atoms with Crippen LogP contribution < -0.4 is 0 Å². The van der Waals surface area contributed by atoms with E-state index in [9.17, 15) is 9.90 Å². The highest BCUT2D eigenvalue weighted by atomic mass is 16.6. The van der Waals surface area contributed by atoms with Gasteiger partial charge in [0.1, 0.15) is 6.61 Å². The Labute approximate surface area is 196 Å². The molecule has 5 nitrogen and oxygen atoms in total. The van der Waals surface area contributed by atoms with Crippen molar-refractivity contribution in [3.8, 4) is 11.1 Å². The van der Waals surface area contributed by atoms with Crippen LogP contribution in [0.1, 0.15) is 63.5 Å². The molecule has 2 fully saturated rings. The molecule has 5 heteroatoms. The second-order valence-electron chi connectivity index (χ2n) is 11.2. The normalized spacial score (nSPS) is 26.6. The van der Waals surface area contributed by atoms with Crippen molar-refractivity contribution in [2.75, 3.05) is 19.8 Å². The summed E-state index contributed by atoms with van der Waals surface area (Å²) in [7, 11) is 0. The maximum Gasteiger partial charge on any atom is 0.410 e. The van der Waals surface area contributed by atoms with Gasteiger partial charge in [0.25, 0.3) is 0 Å². The van der Waals surface area contributed by atoms with Crippen molar-refractivity contribution in [2.45, 2.75) is 70.1 Å². The number of rotatable bonds is 4. The molecule has 2 aromatic carbocycles. The van der Waals surface area contributed by atoms with Crippen LogP contribution in [0.4, 0.5) is 4.79 Å². The largest absolute Gasteiger partial charge is 0.448 e. The monoisotopic (exact) mass is 449 g/mol. The quantitative estimate of drug-likeness (QED) is 0.683. The number of amides is 1. The second-order valence-corrected chi connectivity index (χ2v) is 11.2. The first-order chi connectivity index (χ1) is 15.7. The Morgan fingerprint density at radius 1 is 1.03 bits per heavy atom. The van der Waals surface area contributed by atoms with Crippen LogP contribution in [0.15, 0.2) is 48.5 Å². The minimum atomic E-state index is -0.744. The number of benzene rings is 2. The molecule has 0 aromatic heterocycles. The highest BCUT2D eigenvalue weighted by molar-refractivity contribution is 5.79. The van der Waals surface area contributed by atoms with Crippen molar-refractivity contribution in [3.05, 3.63) is 59.7 Å². The van der Waals surface area contributed by atoms with Gasteiger partial charge in [-0.25, -0.2) is 4.79 Å². The van der Waals surface area contributed by atoms with Crippen LogP contribution in [0.3, 0.4) is 0 Å². The van der Waals surface area contributed by atoms with Gasteiger partial charge in [0.2, 0.25) is 0 Å². The van der Waals surface area contributed by atoms with Gasteiger partial charge in [-0.05, 0) is 53.4 Å². The lowest BCUT2D eigenvalue weighted by atomic mass is 9.75. The van der Waals surface area contributed by atoms with E-state index in [1.807, 2.05) is 17.0 Å². The maximum absolute atomic E-state index is 13.3. The molecule has 33 heavy (non-hydrogen) atoms. The predicted molar refractivity (Wildman–Crippen MR) is 128 cm³/mol. The summed E-state index contributed by atoms with van der Waals surface area (Å²) in [5, 5.41) is 11.3. The molecule has 2 unspecified atom stereocenters. The zero-order valence-corrected chi connectivity index (χ0v) is 19.9. The zero-order chi connectivity index (χ0) is 23.2. The highest BCUT2D eigenvalue weighted by Gasteiger charge is 2.48. The first-order valence-electron chi connectivity index (χ1n) is 12.2. The number of carbonyl (C=O) groups is 1. The molecule has 176 valence electrons. The fourth-order valence-electron chi connectivity index (χ4n) is 5.85. The molecule has 0 spiro atoms. The number of piperidine rings is 1. The Bertz CT molecular complexity index is 967. The van der Waals surface area contributed by atoms with Crippen LogP contribution in [0.25, 0.3) is 11.1 Å². The minimum absolute atomic E-state index is 0.0472. The first kappa shape index (κ1) is 22.4. The fourth-order valence-corrected chi connectivity index (χ4v) is 5.85. The third-order valence-electron chi connectivity index (χ3n) is 7.53. The van der Waals surface area contributed by atoms with Gasteiger partial charge in [0.15, 0.2) is 0 Å². The van der Waals surface area contributed by atoms with Gasteiger partial charge >= 0.3 is 6.09 Å². The Hall–Kier alpha value is -2.37. The third-order valence-corrected chi connectivity index (χ3v) is 7.53. The van der Waals surface area contributed by atoms with Gasteiger partial charge in [-0.1, -0.05) is 69.3 Å². The summed E-state index contributed by atoms with van der Waals surface area (Å²) in [6.45, 7) is 7.83. The summed E-state index contributed by atoms with van der Waals surface area (Å²) >= 11 is 0. The van der Waals surface area contributed by atoms with E-state index in [-0.39, 0.29) is 29.5 Å². The number of nitrogens with zero attached hydrogens (tertiary/aromatic N) is 1. The summed E-state index contributed by atoms with van der Waals surface area (Å²) in [6, 6.07) is 16.5. The van der Waals surface area contributed by atoms with Crippen LogP contribution in [0, 0.1) is 5.41 Å². The molecule has 1 amide bonds. The molecule has 1 aliphatic carbocycles. The van der Waals surface area contributed by atoms with Crippen LogP contribution in [-0.2, 0) is 9.47 Å². The van der Waals surface area contributed by atoms with Crippen molar-refractivity contribution in [3.63, 3.8) is 0 Å². The lowest BCUT2D eigenvalue weighted by Crippen LogP contribution is -2.63. The third kappa shape index (κ3) is 4.41. The van der Waals surface area contributed by atoms with Crippen molar-refractivity contribution in [1.82, 2.24) is 4.90 Å². The van der Waals surface area contributed by atoms with E-state index in [1.165, 1.54) is 22.3 Å². The Morgan fingerprint density at radius 2 is 1.58 bits per heavy atom. The molecule has 0 saturated carbocycles. The molecule has 3 aliphatic rings. The van der Waals surface area contributed by atoms with Gasteiger partial charge < -0.3 is 14.6 Å². The molecule has 1 N–H and O–H groups in total.